The van der Waals surface area contributed by atoms with Crippen molar-refractivity contribution in [3.63, 3.8) is 0 Å². The molecule has 2 rings (SSSR count). The first-order valence-corrected chi connectivity index (χ1v) is 4.78. The van der Waals surface area contributed by atoms with Gasteiger partial charge >= 0.3 is 0 Å². The minimum Gasteiger partial charge on any atom is -0.383 e. The SMILES string of the molecule is Fc1cc2c(nc1Br)C(F)(F)CCN2. The van der Waals surface area contributed by atoms with Crippen LogP contribution in [0.5, 0.6) is 0 Å². The number of nitrogens with one attached hydrogen (secondary N) is 1. The highest BCUT2D eigenvalue weighted by atomic mass is 79.9. The summed E-state index contributed by atoms with van der Waals surface area (Å²) in [7, 11) is 0. The molecule has 1 aliphatic heterocycles. The molecule has 1 aromatic rings. The van der Waals surface area contributed by atoms with E-state index in [0.29, 0.717) is 0 Å². The van der Waals surface area contributed by atoms with Crippen molar-refractivity contribution in [2.24, 2.45) is 0 Å². The first-order valence-electron chi connectivity index (χ1n) is 3.99. The number of hydrogen-bond acceptors (Lipinski definition) is 2. The topological polar surface area (TPSA) is 24.9 Å². The summed E-state index contributed by atoms with van der Waals surface area (Å²) in [6.07, 6.45) is -0.314. The van der Waals surface area contributed by atoms with E-state index in [1.807, 2.05) is 0 Å². The molecular weight excluding hydrogens is 261 g/mol. The molecule has 0 amide bonds. The summed E-state index contributed by atoms with van der Waals surface area (Å²) in [6, 6.07) is 1.03. The van der Waals surface area contributed by atoms with Crippen LogP contribution in [0, 0.1) is 5.82 Å². The lowest BCUT2D eigenvalue weighted by Gasteiger charge is -2.25. The first-order chi connectivity index (χ1) is 6.50. The average Bonchev–Trinajstić information content (AvgIpc) is 2.08. The molecule has 0 aromatic carbocycles. The molecule has 0 spiro atoms. The molecule has 0 radical (unpaired) electrons. The van der Waals surface area contributed by atoms with Gasteiger partial charge in [-0.2, -0.15) is 8.78 Å². The zero-order valence-electron chi connectivity index (χ0n) is 6.95. The fourth-order valence-electron chi connectivity index (χ4n) is 1.35. The third kappa shape index (κ3) is 1.47. The highest BCUT2D eigenvalue weighted by Gasteiger charge is 2.39. The Kier molecular flexibility index (Phi) is 2.17. The maximum absolute atomic E-state index is 13.3. The van der Waals surface area contributed by atoms with E-state index in [0.717, 1.165) is 6.07 Å². The molecule has 0 atom stereocenters. The van der Waals surface area contributed by atoms with Gasteiger partial charge in [-0.05, 0) is 15.9 Å². The number of alkyl halides is 2. The van der Waals surface area contributed by atoms with Crippen molar-refractivity contribution < 1.29 is 13.2 Å². The number of rotatable bonds is 0. The molecule has 6 heteroatoms. The van der Waals surface area contributed by atoms with Gasteiger partial charge in [-0.3, -0.25) is 0 Å². The molecule has 0 saturated carbocycles. The lowest BCUT2D eigenvalue weighted by atomic mass is 10.1. The predicted molar refractivity (Wildman–Crippen MR) is 48.9 cm³/mol. The third-order valence-electron chi connectivity index (χ3n) is 2.03. The number of halogens is 4. The molecule has 0 bridgehead atoms. The fraction of sp³-hybridized carbons (Fsp3) is 0.375. The van der Waals surface area contributed by atoms with Crippen molar-refractivity contribution in [2.75, 3.05) is 11.9 Å². The Balaban J connectivity index is 2.59. The molecular formula is C8H6BrF3N2. The summed E-state index contributed by atoms with van der Waals surface area (Å²) >= 11 is 2.78. The predicted octanol–water partition coefficient (Wildman–Crippen LogP) is 2.89. The van der Waals surface area contributed by atoms with Gasteiger partial charge in [-0.15, -0.1) is 0 Å². The summed E-state index contributed by atoms with van der Waals surface area (Å²) in [6.45, 7) is 0.128. The lowest BCUT2D eigenvalue weighted by molar-refractivity contribution is -0.0170. The molecule has 1 N–H and O–H groups in total. The molecule has 76 valence electrons. The van der Waals surface area contributed by atoms with E-state index in [4.69, 9.17) is 0 Å². The number of aromatic nitrogens is 1. The van der Waals surface area contributed by atoms with Gasteiger partial charge in [0.15, 0.2) is 5.82 Å². The van der Waals surface area contributed by atoms with Crippen molar-refractivity contribution in [3.05, 3.63) is 22.2 Å². The maximum atomic E-state index is 13.3. The van der Waals surface area contributed by atoms with Crippen LogP contribution in [0.25, 0.3) is 0 Å². The van der Waals surface area contributed by atoms with Crippen LogP contribution in [-0.2, 0) is 5.92 Å². The Bertz CT molecular complexity index is 381. The van der Waals surface area contributed by atoms with Crippen molar-refractivity contribution >= 4 is 21.6 Å². The lowest BCUT2D eigenvalue weighted by Crippen LogP contribution is -2.27. The Morgan fingerprint density at radius 3 is 2.93 bits per heavy atom. The van der Waals surface area contributed by atoms with Gasteiger partial charge in [0, 0.05) is 19.0 Å². The molecule has 1 aliphatic rings. The van der Waals surface area contributed by atoms with Crippen LogP contribution in [0.4, 0.5) is 18.9 Å². The van der Waals surface area contributed by atoms with Gasteiger partial charge in [0.25, 0.3) is 5.92 Å². The fourth-order valence-corrected chi connectivity index (χ4v) is 1.64. The van der Waals surface area contributed by atoms with Gasteiger partial charge in [0.1, 0.15) is 10.3 Å². The van der Waals surface area contributed by atoms with Crippen LogP contribution in [0.2, 0.25) is 0 Å². The summed E-state index contributed by atoms with van der Waals surface area (Å²) < 4.78 is 39.3. The second-order valence-corrected chi connectivity index (χ2v) is 3.79. The van der Waals surface area contributed by atoms with Crippen LogP contribution in [0.15, 0.2) is 10.7 Å². The van der Waals surface area contributed by atoms with E-state index < -0.39 is 17.4 Å². The second kappa shape index (κ2) is 3.12. The van der Waals surface area contributed by atoms with Gasteiger partial charge < -0.3 is 5.32 Å². The standard InChI is InChI=1S/C8H6BrF3N2/c9-7-4(10)3-5-6(14-7)8(11,12)1-2-13-5/h3,13H,1-2H2. The smallest absolute Gasteiger partial charge is 0.293 e. The van der Waals surface area contributed by atoms with E-state index in [-0.39, 0.29) is 23.3 Å². The van der Waals surface area contributed by atoms with E-state index in [1.54, 1.807) is 0 Å². The molecule has 2 heterocycles. The number of hydrogen-bond donors (Lipinski definition) is 1. The van der Waals surface area contributed by atoms with Crippen LogP contribution < -0.4 is 5.32 Å². The largest absolute Gasteiger partial charge is 0.383 e. The minimum atomic E-state index is -2.98. The monoisotopic (exact) mass is 266 g/mol. The van der Waals surface area contributed by atoms with Crippen LogP contribution in [-0.4, -0.2) is 11.5 Å². The number of anilines is 1. The highest BCUT2D eigenvalue weighted by Crippen LogP contribution is 2.39. The van der Waals surface area contributed by atoms with Crippen LogP contribution in [0.1, 0.15) is 12.1 Å². The van der Waals surface area contributed by atoms with Gasteiger partial charge in [0.2, 0.25) is 0 Å². The zero-order chi connectivity index (χ0) is 10.3. The summed E-state index contributed by atoms with van der Waals surface area (Å²) in [5, 5.41) is 2.68. The molecule has 2 nitrogen and oxygen atoms in total. The Morgan fingerprint density at radius 1 is 1.50 bits per heavy atom. The van der Waals surface area contributed by atoms with E-state index >= 15 is 0 Å². The van der Waals surface area contributed by atoms with E-state index in [2.05, 4.69) is 26.2 Å². The maximum Gasteiger partial charge on any atom is 0.293 e. The molecule has 14 heavy (non-hydrogen) atoms. The first kappa shape index (κ1) is 9.76. The van der Waals surface area contributed by atoms with E-state index in [9.17, 15) is 13.2 Å². The minimum absolute atomic E-state index is 0.0713. The Hall–Kier alpha value is -0.780. The molecule has 1 aromatic heterocycles. The normalized spacial score (nSPS) is 18.6. The van der Waals surface area contributed by atoms with Crippen molar-refractivity contribution in [2.45, 2.75) is 12.3 Å². The zero-order valence-corrected chi connectivity index (χ0v) is 8.54. The van der Waals surface area contributed by atoms with Crippen LogP contribution >= 0.6 is 15.9 Å². The molecule has 0 aliphatic carbocycles. The van der Waals surface area contributed by atoms with Crippen molar-refractivity contribution in [1.29, 1.82) is 0 Å². The third-order valence-corrected chi connectivity index (χ3v) is 2.59. The summed E-state index contributed by atoms with van der Waals surface area (Å²) in [5.74, 6) is -3.62. The summed E-state index contributed by atoms with van der Waals surface area (Å²) in [4.78, 5) is 3.50. The number of nitrogens with zero attached hydrogens (tertiary/aromatic N) is 1. The van der Waals surface area contributed by atoms with Gasteiger partial charge in [0.05, 0.1) is 5.69 Å². The van der Waals surface area contributed by atoms with Crippen LogP contribution in [0.3, 0.4) is 0 Å². The Labute approximate surface area is 86.7 Å². The molecule has 0 fully saturated rings. The molecule has 0 unspecified atom stereocenters. The number of pyridine rings is 1. The van der Waals surface area contributed by atoms with Crippen molar-refractivity contribution in [1.82, 2.24) is 4.98 Å². The van der Waals surface area contributed by atoms with E-state index in [1.165, 1.54) is 0 Å². The number of fused-ring (bicyclic) bond motifs is 1. The highest BCUT2D eigenvalue weighted by molar-refractivity contribution is 9.10. The van der Waals surface area contributed by atoms with Gasteiger partial charge in [-0.1, -0.05) is 0 Å². The summed E-state index contributed by atoms with van der Waals surface area (Å²) in [5.41, 5.74) is -0.320. The quantitative estimate of drug-likeness (QED) is 0.731. The second-order valence-electron chi connectivity index (χ2n) is 3.04. The van der Waals surface area contributed by atoms with Gasteiger partial charge in [-0.25, -0.2) is 9.37 Å². The molecule has 0 saturated heterocycles. The average molecular weight is 267 g/mol. The van der Waals surface area contributed by atoms with Crippen molar-refractivity contribution in [3.8, 4) is 0 Å². The Morgan fingerprint density at radius 2 is 2.21 bits per heavy atom.